The number of nitrogens with one attached hydrogen (secondary N) is 1. The van der Waals surface area contributed by atoms with Gasteiger partial charge in [0.05, 0.1) is 45.4 Å². The average Bonchev–Trinajstić information content (AvgIpc) is 3.67. The van der Waals surface area contributed by atoms with Gasteiger partial charge in [0, 0.05) is 41.7 Å². The number of aryl methyl sites for hydroxylation is 1. The van der Waals surface area contributed by atoms with E-state index < -0.39 is 35.9 Å². The van der Waals surface area contributed by atoms with Crippen molar-refractivity contribution in [1.29, 1.82) is 5.26 Å². The molecule has 4 aromatic rings. The molecule has 0 aliphatic heterocycles. The Balaban J connectivity index is 1.85. The maximum absolute atomic E-state index is 15.9. The van der Waals surface area contributed by atoms with E-state index in [1.165, 1.54) is 30.1 Å². The fraction of sp³-hybridized carbons (Fsp3) is 0.357. The van der Waals surface area contributed by atoms with E-state index in [9.17, 15) is 14.9 Å². The summed E-state index contributed by atoms with van der Waals surface area (Å²) in [5.41, 5.74) is 3.81. The molecule has 0 atom stereocenters. The number of nitrogens with zero attached hydrogens (tertiary/aromatic N) is 6. The first-order valence-electron chi connectivity index (χ1n) is 14.3. The summed E-state index contributed by atoms with van der Waals surface area (Å²) in [5, 5.41) is 20.1. The fourth-order valence-electron chi connectivity index (χ4n) is 4.38. The lowest BCUT2D eigenvalue weighted by molar-refractivity contribution is 0.0588. The minimum atomic E-state index is -3.18. The first-order valence-corrected chi connectivity index (χ1v) is 13.2. The molecule has 1 aliphatic rings. The Morgan fingerprint density at radius 1 is 1.40 bits per heavy atom. The number of fused-ring (bicyclic) bond motifs is 1. The highest BCUT2D eigenvalue weighted by atomic mass is 35.5. The third-order valence-electron chi connectivity index (χ3n) is 6.38. The van der Waals surface area contributed by atoms with Crippen LogP contribution < -0.4 is 20.9 Å². The summed E-state index contributed by atoms with van der Waals surface area (Å²) in [6, 6.07) is 4.63. The Labute approximate surface area is 249 Å². The number of nitriles is 1. The van der Waals surface area contributed by atoms with Crippen LogP contribution in [0.25, 0.3) is 33.3 Å². The number of aromatic nitrogens is 5. The molecule has 1 fully saturated rings. The zero-order valence-corrected chi connectivity index (χ0v) is 23.8. The predicted octanol–water partition coefficient (Wildman–Crippen LogP) is 4.42. The Hall–Kier alpha value is -4.54. The van der Waals surface area contributed by atoms with Gasteiger partial charge in [-0.05, 0) is 39.7 Å². The molecule has 3 heterocycles. The van der Waals surface area contributed by atoms with E-state index in [1.807, 2.05) is 6.07 Å². The molecular formula is C28H28ClFN8O4. The van der Waals surface area contributed by atoms with Crippen molar-refractivity contribution in [2.45, 2.75) is 51.9 Å². The molecule has 5 rings (SSSR count). The van der Waals surface area contributed by atoms with Gasteiger partial charge in [0.1, 0.15) is 23.0 Å². The van der Waals surface area contributed by atoms with Crippen LogP contribution >= 0.6 is 11.6 Å². The highest BCUT2D eigenvalue weighted by molar-refractivity contribution is 6.31. The lowest BCUT2D eigenvalue weighted by atomic mass is 9.98. The molecule has 3 N–H and O–H groups in total. The van der Waals surface area contributed by atoms with Crippen molar-refractivity contribution in [1.82, 2.24) is 25.0 Å². The third kappa shape index (κ3) is 5.26. The lowest BCUT2D eigenvalue weighted by Gasteiger charge is -2.25. The zero-order chi connectivity index (χ0) is 33.0. The number of pyridine rings is 1. The van der Waals surface area contributed by atoms with E-state index in [0.717, 1.165) is 12.8 Å². The van der Waals surface area contributed by atoms with Gasteiger partial charge in [0.2, 0.25) is 0 Å². The van der Waals surface area contributed by atoms with Crippen LogP contribution in [0.1, 0.15) is 49.0 Å². The summed E-state index contributed by atoms with van der Waals surface area (Å²) in [7, 11) is 1.50. The van der Waals surface area contributed by atoms with Crippen LogP contribution in [0.3, 0.4) is 0 Å². The number of H-pyrrole nitrogens is 1. The Morgan fingerprint density at radius 2 is 2.14 bits per heavy atom. The third-order valence-corrected chi connectivity index (χ3v) is 6.65. The Morgan fingerprint density at radius 3 is 2.76 bits per heavy atom. The number of ether oxygens (including phenoxy) is 2. The summed E-state index contributed by atoms with van der Waals surface area (Å²) in [4.78, 5) is 31.3. The number of amides is 1. The number of hydrogen-bond acceptors (Lipinski definition) is 9. The molecular weight excluding hydrogens is 567 g/mol. The summed E-state index contributed by atoms with van der Waals surface area (Å²) in [6.07, 6.45) is 1.40. The van der Waals surface area contributed by atoms with Crippen molar-refractivity contribution in [2.24, 2.45) is 12.8 Å². The van der Waals surface area contributed by atoms with Gasteiger partial charge in [-0.25, -0.2) is 19.3 Å². The van der Waals surface area contributed by atoms with Gasteiger partial charge in [0.15, 0.2) is 11.6 Å². The van der Waals surface area contributed by atoms with Crippen molar-refractivity contribution in [3.8, 4) is 34.3 Å². The number of benzene rings is 1. The SMILES string of the molecule is [2H]C([2H])([2H])N(C(=O)OC(C)(C)C)c1nc(-c2cnn(C)c2-c2c(F)c(Cl)cc(OC3CC3)c2C#N)cc2c(CN)n[nH]c(=O)c12. The Bertz CT molecular complexity index is 1940. The number of halogens is 2. The van der Waals surface area contributed by atoms with Gasteiger partial charge < -0.3 is 15.2 Å². The second-order valence-electron chi connectivity index (χ2n) is 10.7. The van der Waals surface area contributed by atoms with E-state index in [0.29, 0.717) is 0 Å². The minimum Gasteiger partial charge on any atom is -0.489 e. The molecule has 1 amide bonds. The number of hydrogen-bond donors (Lipinski definition) is 2. The number of carbonyl (C=O) groups excluding carboxylic acids is 1. The topological polar surface area (TPSA) is 165 Å². The molecule has 3 aromatic heterocycles. The first-order chi connectivity index (χ1) is 21.1. The molecule has 42 heavy (non-hydrogen) atoms. The molecule has 1 aliphatic carbocycles. The molecule has 0 saturated heterocycles. The van der Waals surface area contributed by atoms with Gasteiger partial charge in [-0.1, -0.05) is 11.6 Å². The van der Waals surface area contributed by atoms with E-state index >= 15 is 4.39 Å². The summed E-state index contributed by atoms with van der Waals surface area (Å²) in [6.45, 7) is 1.26. The van der Waals surface area contributed by atoms with Gasteiger partial charge in [-0.2, -0.15) is 15.5 Å². The van der Waals surface area contributed by atoms with Crippen LogP contribution in [-0.2, 0) is 18.3 Å². The van der Waals surface area contributed by atoms with Gasteiger partial charge in [-0.15, -0.1) is 0 Å². The molecule has 0 spiro atoms. The average molecular weight is 598 g/mol. The quantitative estimate of drug-likeness (QED) is 0.327. The highest BCUT2D eigenvalue weighted by Crippen LogP contribution is 2.43. The van der Waals surface area contributed by atoms with E-state index in [1.54, 1.807) is 20.8 Å². The fourth-order valence-corrected chi connectivity index (χ4v) is 4.58. The molecule has 0 unspecified atom stereocenters. The molecule has 0 radical (unpaired) electrons. The number of nitrogens with two attached hydrogens (primary N) is 1. The molecule has 1 saturated carbocycles. The standard InChI is InChI=1S/C28H28ClFN8O4/c1-28(2,3)42-27(40)37(4)25-22-14(19(11-32)35-36-26(22)39)8-18(34-25)16-12-33-38(5)24(16)21-15(10-31)20(41-13-6-7-13)9-17(29)23(21)30/h8-9,12-13H,6-7,11,32H2,1-5H3,(H,36,39)/i4D3. The summed E-state index contributed by atoms with van der Waals surface area (Å²) in [5.74, 6) is -1.43. The van der Waals surface area contributed by atoms with Crippen LogP contribution in [0.15, 0.2) is 23.1 Å². The molecule has 12 nitrogen and oxygen atoms in total. The number of carbonyl (C=O) groups is 1. The molecule has 1 aromatic carbocycles. The van der Waals surface area contributed by atoms with E-state index in [-0.39, 0.29) is 72.9 Å². The second-order valence-corrected chi connectivity index (χ2v) is 11.1. The van der Waals surface area contributed by atoms with Gasteiger partial charge in [0.25, 0.3) is 5.56 Å². The van der Waals surface area contributed by atoms with E-state index in [2.05, 4.69) is 20.3 Å². The lowest BCUT2D eigenvalue weighted by Crippen LogP contribution is -2.35. The zero-order valence-electron chi connectivity index (χ0n) is 26.1. The van der Waals surface area contributed by atoms with Crippen LogP contribution in [0.4, 0.5) is 15.0 Å². The largest absolute Gasteiger partial charge is 0.489 e. The normalized spacial score (nSPS) is 14.6. The number of aromatic amines is 1. The molecule has 0 bridgehead atoms. The molecule has 14 heteroatoms. The number of anilines is 1. The van der Waals surface area contributed by atoms with Gasteiger partial charge >= 0.3 is 6.09 Å². The maximum Gasteiger partial charge on any atom is 0.415 e. The van der Waals surface area contributed by atoms with E-state index in [4.69, 9.17) is 30.9 Å². The monoisotopic (exact) mass is 597 g/mol. The highest BCUT2D eigenvalue weighted by Gasteiger charge is 2.31. The van der Waals surface area contributed by atoms with Crippen molar-refractivity contribution >= 4 is 34.3 Å². The second kappa shape index (κ2) is 10.7. The number of rotatable bonds is 6. The predicted molar refractivity (Wildman–Crippen MR) is 154 cm³/mol. The van der Waals surface area contributed by atoms with Gasteiger partial charge in [-0.3, -0.25) is 14.4 Å². The van der Waals surface area contributed by atoms with Crippen molar-refractivity contribution in [2.75, 3.05) is 11.9 Å². The van der Waals surface area contributed by atoms with Crippen molar-refractivity contribution < 1.29 is 22.8 Å². The smallest absolute Gasteiger partial charge is 0.415 e. The summed E-state index contributed by atoms with van der Waals surface area (Å²) >= 11 is 6.27. The first kappa shape index (κ1) is 25.2. The van der Waals surface area contributed by atoms with Crippen LogP contribution in [0.5, 0.6) is 5.75 Å². The maximum atomic E-state index is 15.9. The minimum absolute atomic E-state index is 0.0368. The Kier molecular flexibility index (Phi) is 6.42. The van der Waals surface area contributed by atoms with Crippen LogP contribution in [0, 0.1) is 17.1 Å². The molecule has 218 valence electrons. The summed E-state index contributed by atoms with van der Waals surface area (Å²) < 4.78 is 53.0. The van der Waals surface area contributed by atoms with Crippen molar-refractivity contribution in [3.63, 3.8) is 0 Å². The van der Waals surface area contributed by atoms with Crippen LogP contribution in [-0.4, -0.2) is 49.7 Å². The van der Waals surface area contributed by atoms with Crippen molar-refractivity contribution in [3.05, 3.63) is 50.8 Å². The van der Waals surface area contributed by atoms with Crippen LogP contribution in [0.2, 0.25) is 5.02 Å².